The van der Waals surface area contributed by atoms with Gasteiger partial charge in [0.25, 0.3) is 0 Å². The van der Waals surface area contributed by atoms with Crippen LogP contribution in [0.2, 0.25) is 0 Å². The number of hydrogen-bond donors (Lipinski definition) is 2. The minimum Gasteiger partial charge on any atom is -0.310 e. The van der Waals surface area contributed by atoms with Gasteiger partial charge in [-0.1, -0.05) is 0 Å². The third kappa shape index (κ3) is 1.71. The van der Waals surface area contributed by atoms with Crippen LogP contribution in [-0.2, 0) is 4.79 Å². The van der Waals surface area contributed by atoms with Crippen LogP contribution in [0, 0.1) is 12.8 Å². The molecule has 0 bridgehead atoms. The van der Waals surface area contributed by atoms with Crippen LogP contribution < -0.4 is 11.0 Å². The lowest BCUT2D eigenvalue weighted by Gasteiger charge is -2.05. The number of aromatic amines is 1. The number of rotatable bonds is 2. The van der Waals surface area contributed by atoms with Crippen molar-refractivity contribution in [3.8, 4) is 0 Å². The lowest BCUT2D eigenvalue weighted by Crippen LogP contribution is -2.17. The molecule has 0 atom stereocenters. The van der Waals surface area contributed by atoms with Gasteiger partial charge in [-0.05, 0) is 19.8 Å². The molecule has 1 fully saturated rings. The highest BCUT2D eigenvalue weighted by Gasteiger charge is 2.29. The zero-order chi connectivity index (χ0) is 12.0. The fourth-order valence-electron chi connectivity index (χ4n) is 1.84. The summed E-state index contributed by atoms with van der Waals surface area (Å²) in [4.78, 5) is 29.8. The van der Waals surface area contributed by atoms with Gasteiger partial charge in [-0.2, -0.15) is 0 Å². The van der Waals surface area contributed by atoms with Crippen molar-refractivity contribution >= 4 is 17.4 Å². The molecule has 3 rings (SSSR count). The van der Waals surface area contributed by atoms with Crippen molar-refractivity contribution in [2.45, 2.75) is 19.8 Å². The zero-order valence-electron chi connectivity index (χ0n) is 9.36. The topological polar surface area (TPSA) is 79.3 Å². The summed E-state index contributed by atoms with van der Waals surface area (Å²) in [6.07, 6.45) is 3.44. The average Bonchev–Trinajstić information content (AvgIpc) is 3.04. The zero-order valence-corrected chi connectivity index (χ0v) is 9.36. The predicted molar refractivity (Wildman–Crippen MR) is 61.9 cm³/mol. The van der Waals surface area contributed by atoms with Crippen molar-refractivity contribution in [1.82, 2.24) is 14.4 Å². The van der Waals surface area contributed by atoms with E-state index in [0.29, 0.717) is 11.5 Å². The van der Waals surface area contributed by atoms with E-state index in [4.69, 9.17) is 0 Å². The molecule has 0 spiro atoms. The number of nitrogens with zero attached hydrogens (tertiary/aromatic N) is 2. The fraction of sp³-hybridized carbons (Fsp3) is 0.364. The second kappa shape index (κ2) is 3.44. The number of hydrogen-bond acceptors (Lipinski definition) is 3. The smallest absolute Gasteiger partial charge is 0.310 e. The van der Waals surface area contributed by atoms with Crippen LogP contribution in [0.3, 0.4) is 0 Å². The number of aromatic nitrogens is 3. The summed E-state index contributed by atoms with van der Waals surface area (Å²) in [5, 5.41) is 2.77. The third-order valence-corrected chi connectivity index (χ3v) is 2.89. The first-order valence-electron chi connectivity index (χ1n) is 5.54. The van der Waals surface area contributed by atoms with Gasteiger partial charge in [0.05, 0.1) is 0 Å². The molecule has 0 aliphatic heterocycles. The molecule has 6 heteroatoms. The van der Waals surface area contributed by atoms with Gasteiger partial charge in [-0.15, -0.1) is 0 Å². The van der Waals surface area contributed by atoms with Crippen LogP contribution in [0.4, 0.5) is 5.82 Å². The fourth-order valence-corrected chi connectivity index (χ4v) is 1.84. The Morgan fingerprint density at radius 2 is 2.35 bits per heavy atom. The van der Waals surface area contributed by atoms with Crippen LogP contribution in [0.1, 0.15) is 18.5 Å². The molecule has 2 aromatic heterocycles. The summed E-state index contributed by atoms with van der Waals surface area (Å²) in [5.41, 5.74) is 1.04. The lowest BCUT2D eigenvalue weighted by atomic mass is 10.3. The number of aryl methyl sites for hydroxylation is 1. The van der Waals surface area contributed by atoms with Crippen LogP contribution in [0.5, 0.6) is 0 Å². The van der Waals surface area contributed by atoms with Crippen LogP contribution >= 0.6 is 0 Å². The highest BCUT2D eigenvalue weighted by molar-refractivity contribution is 5.93. The summed E-state index contributed by atoms with van der Waals surface area (Å²) < 4.78 is 1.47. The Morgan fingerprint density at radius 3 is 3.06 bits per heavy atom. The Labute approximate surface area is 96.7 Å². The summed E-state index contributed by atoms with van der Waals surface area (Å²) in [6.45, 7) is 1.80. The number of H-pyrrole nitrogens is 1. The summed E-state index contributed by atoms with van der Waals surface area (Å²) in [7, 11) is 0. The minimum absolute atomic E-state index is 0.0131. The first kappa shape index (κ1) is 10.1. The molecular formula is C11H12N4O2. The molecule has 2 heterocycles. The second-order valence-corrected chi connectivity index (χ2v) is 4.33. The SMILES string of the molecule is Cc1cc(NC(=O)C2CC2)nc2c[nH]c(=O)n12. The Bertz CT molecular complexity index is 651. The molecular weight excluding hydrogens is 220 g/mol. The molecule has 1 amide bonds. The molecule has 2 aromatic rings. The molecule has 0 unspecified atom stereocenters. The molecule has 0 radical (unpaired) electrons. The third-order valence-electron chi connectivity index (χ3n) is 2.89. The molecule has 1 aliphatic rings. The Hall–Kier alpha value is -2.11. The molecule has 6 nitrogen and oxygen atoms in total. The Balaban J connectivity index is 2.00. The van der Waals surface area contributed by atoms with Gasteiger partial charge in [-0.25, -0.2) is 14.2 Å². The number of anilines is 1. The quantitative estimate of drug-likeness (QED) is 0.799. The van der Waals surface area contributed by atoms with E-state index in [1.54, 1.807) is 13.0 Å². The van der Waals surface area contributed by atoms with E-state index < -0.39 is 0 Å². The number of carbonyl (C=O) groups excluding carboxylic acids is 1. The summed E-state index contributed by atoms with van der Waals surface area (Å²) in [5.74, 6) is 0.652. The van der Waals surface area contributed by atoms with Crippen molar-refractivity contribution < 1.29 is 4.79 Å². The van der Waals surface area contributed by atoms with Crippen molar-refractivity contribution in [2.24, 2.45) is 5.92 Å². The molecule has 2 N–H and O–H groups in total. The maximum Gasteiger partial charge on any atom is 0.331 e. The molecule has 1 aliphatic carbocycles. The Kier molecular flexibility index (Phi) is 2.04. The van der Waals surface area contributed by atoms with E-state index in [2.05, 4.69) is 15.3 Å². The lowest BCUT2D eigenvalue weighted by molar-refractivity contribution is -0.117. The number of imidazole rings is 1. The largest absolute Gasteiger partial charge is 0.331 e. The van der Waals surface area contributed by atoms with Gasteiger partial charge >= 0.3 is 5.69 Å². The van der Waals surface area contributed by atoms with E-state index in [0.717, 1.165) is 18.5 Å². The van der Waals surface area contributed by atoms with Gasteiger partial charge in [0, 0.05) is 23.9 Å². The van der Waals surface area contributed by atoms with Gasteiger partial charge in [0.1, 0.15) is 5.82 Å². The second-order valence-electron chi connectivity index (χ2n) is 4.33. The minimum atomic E-state index is -0.218. The van der Waals surface area contributed by atoms with Crippen molar-refractivity contribution in [1.29, 1.82) is 0 Å². The first-order chi connectivity index (χ1) is 8.15. The van der Waals surface area contributed by atoms with Crippen LogP contribution in [0.25, 0.3) is 5.65 Å². The van der Waals surface area contributed by atoms with Crippen molar-refractivity contribution in [3.63, 3.8) is 0 Å². The number of nitrogens with one attached hydrogen (secondary N) is 2. The van der Waals surface area contributed by atoms with E-state index in [-0.39, 0.29) is 17.5 Å². The maximum atomic E-state index is 11.6. The Morgan fingerprint density at radius 1 is 1.59 bits per heavy atom. The first-order valence-corrected chi connectivity index (χ1v) is 5.54. The molecule has 88 valence electrons. The van der Waals surface area contributed by atoms with E-state index in [1.807, 2.05) is 0 Å². The predicted octanol–water partition coefficient (Wildman–Crippen LogP) is 0.680. The van der Waals surface area contributed by atoms with Crippen LogP contribution in [-0.4, -0.2) is 20.3 Å². The number of amides is 1. The normalized spacial score (nSPS) is 15.1. The molecule has 0 aromatic carbocycles. The van der Waals surface area contributed by atoms with Gasteiger partial charge < -0.3 is 10.3 Å². The van der Waals surface area contributed by atoms with E-state index in [1.165, 1.54) is 10.6 Å². The van der Waals surface area contributed by atoms with E-state index in [9.17, 15) is 9.59 Å². The average molecular weight is 232 g/mol. The highest BCUT2D eigenvalue weighted by Crippen LogP contribution is 2.30. The molecule has 0 saturated heterocycles. The van der Waals surface area contributed by atoms with Gasteiger partial charge in [-0.3, -0.25) is 4.79 Å². The number of carbonyl (C=O) groups is 1. The number of fused-ring (bicyclic) bond motifs is 1. The van der Waals surface area contributed by atoms with Crippen LogP contribution in [0.15, 0.2) is 17.1 Å². The maximum absolute atomic E-state index is 11.6. The summed E-state index contributed by atoms with van der Waals surface area (Å²) in [6, 6.07) is 1.70. The van der Waals surface area contributed by atoms with Gasteiger partial charge in [0.2, 0.25) is 5.91 Å². The van der Waals surface area contributed by atoms with Crippen molar-refractivity contribution in [3.05, 3.63) is 28.4 Å². The standard InChI is InChI=1S/C11H12N4O2/c1-6-4-8(14-10(16)7-2-3-7)13-9-5-12-11(17)15(6)9/h4-5,7H,2-3H2,1H3,(H,12,17)(H,13,14,16). The van der Waals surface area contributed by atoms with Crippen molar-refractivity contribution in [2.75, 3.05) is 5.32 Å². The van der Waals surface area contributed by atoms with Gasteiger partial charge in [0.15, 0.2) is 5.65 Å². The molecule has 17 heavy (non-hydrogen) atoms. The molecule has 1 saturated carbocycles. The monoisotopic (exact) mass is 232 g/mol. The van der Waals surface area contributed by atoms with E-state index >= 15 is 0 Å². The summed E-state index contributed by atoms with van der Waals surface area (Å²) >= 11 is 0. The highest BCUT2D eigenvalue weighted by atomic mass is 16.2.